The third-order valence-corrected chi connectivity index (χ3v) is 1.44. The van der Waals surface area contributed by atoms with Gasteiger partial charge in [-0.3, -0.25) is 0 Å². The molecule has 0 amide bonds. The highest BCUT2D eigenvalue weighted by Gasteiger charge is 1.98. The lowest BCUT2D eigenvalue weighted by molar-refractivity contribution is 0.805. The number of nitrogens with zero attached hydrogens (tertiary/aromatic N) is 3. The van der Waals surface area contributed by atoms with E-state index < -0.39 is 0 Å². The van der Waals surface area contributed by atoms with Crippen molar-refractivity contribution >= 4 is 31.2 Å². The Morgan fingerprint density at radius 1 is 1.17 bits per heavy atom. The van der Waals surface area contributed by atoms with Crippen LogP contribution in [0.3, 0.4) is 0 Å². The van der Waals surface area contributed by atoms with Crippen LogP contribution in [0.1, 0.15) is 0 Å². The zero-order valence-corrected chi connectivity index (χ0v) is 8.02. The molecule has 0 atom stereocenters. The fraction of sp³-hybridized carbons (Fsp3) is 0.400. The summed E-state index contributed by atoms with van der Waals surface area (Å²) in [5, 5.41) is 3.58. The molecule has 7 heteroatoms. The smallest absolute Gasteiger partial charge is 0.227 e. The van der Waals surface area contributed by atoms with Crippen molar-refractivity contribution in [2.45, 2.75) is 10.3 Å². The van der Waals surface area contributed by atoms with Crippen molar-refractivity contribution in [1.82, 2.24) is 15.0 Å². The zero-order chi connectivity index (χ0) is 8.97. The average Bonchev–Trinajstić information content (AvgIpc) is 1.99. The van der Waals surface area contributed by atoms with Gasteiger partial charge in [-0.05, 0) is 0 Å². The van der Waals surface area contributed by atoms with Crippen molar-refractivity contribution in [3.05, 3.63) is 0 Å². The number of aromatic nitrogens is 3. The maximum Gasteiger partial charge on any atom is 0.227 e. The molecule has 0 radical (unpaired) electrons. The Morgan fingerprint density at radius 3 is 2.25 bits per heavy atom. The molecule has 0 bridgehead atoms. The molecule has 0 spiro atoms. The zero-order valence-electron chi connectivity index (χ0n) is 6.23. The first-order valence-corrected chi connectivity index (χ1v) is 4.20. The summed E-state index contributed by atoms with van der Waals surface area (Å²) in [5.74, 6) is 0.449. The van der Waals surface area contributed by atoms with Gasteiger partial charge in [0.1, 0.15) is 0 Å². The molecule has 0 aliphatic rings. The highest BCUT2D eigenvalue weighted by atomic mass is 32.1. The van der Waals surface area contributed by atoms with E-state index in [1.165, 1.54) is 0 Å². The van der Waals surface area contributed by atoms with Gasteiger partial charge in [0.25, 0.3) is 0 Å². The van der Waals surface area contributed by atoms with Crippen LogP contribution in [-0.4, -0.2) is 28.0 Å². The summed E-state index contributed by atoms with van der Waals surface area (Å²) in [6.45, 7) is 1.14. The predicted molar refractivity (Wildman–Crippen MR) is 51.9 cm³/mol. The van der Waals surface area contributed by atoms with Crippen molar-refractivity contribution < 1.29 is 0 Å². The standard InChI is InChI=1S/C5H9N5S2/c6-1-2-7-3-8-4(11)10-5(12)9-3/h1-2,6H2,(H3,7,8,9,10,11,12). The van der Waals surface area contributed by atoms with E-state index >= 15 is 0 Å². The third kappa shape index (κ3) is 2.84. The molecule has 0 unspecified atom stereocenters. The van der Waals surface area contributed by atoms with Gasteiger partial charge in [-0.25, -0.2) is 0 Å². The van der Waals surface area contributed by atoms with Crippen LogP contribution < -0.4 is 11.1 Å². The summed E-state index contributed by atoms with van der Waals surface area (Å²) < 4.78 is 0. The maximum absolute atomic E-state index is 5.28. The highest BCUT2D eigenvalue weighted by Crippen LogP contribution is 2.06. The Balaban J connectivity index is 2.72. The number of anilines is 1. The molecule has 12 heavy (non-hydrogen) atoms. The number of nitrogens with two attached hydrogens (primary N) is 1. The van der Waals surface area contributed by atoms with Crippen LogP contribution in [0, 0.1) is 0 Å². The van der Waals surface area contributed by atoms with Gasteiger partial charge in [0.2, 0.25) is 5.95 Å². The van der Waals surface area contributed by atoms with Crippen molar-refractivity contribution in [3.63, 3.8) is 0 Å². The van der Waals surface area contributed by atoms with Crippen LogP contribution >= 0.6 is 25.3 Å². The van der Waals surface area contributed by atoms with Gasteiger partial charge >= 0.3 is 0 Å². The Bertz CT molecular complexity index is 246. The van der Waals surface area contributed by atoms with E-state index in [1.54, 1.807) is 0 Å². The quantitative estimate of drug-likeness (QED) is 0.513. The fourth-order valence-electron chi connectivity index (χ4n) is 0.617. The first kappa shape index (κ1) is 9.56. The van der Waals surface area contributed by atoms with Crippen molar-refractivity contribution in [1.29, 1.82) is 0 Å². The van der Waals surface area contributed by atoms with Gasteiger partial charge in [-0.1, -0.05) is 0 Å². The van der Waals surface area contributed by atoms with Crippen LogP contribution in [0.25, 0.3) is 0 Å². The van der Waals surface area contributed by atoms with Crippen LogP contribution in [0.15, 0.2) is 10.3 Å². The molecule has 0 aliphatic carbocycles. The molecular weight excluding hydrogens is 194 g/mol. The summed E-state index contributed by atoms with van der Waals surface area (Å²) in [4.78, 5) is 11.6. The summed E-state index contributed by atoms with van der Waals surface area (Å²) >= 11 is 7.93. The molecule has 5 nitrogen and oxygen atoms in total. The maximum atomic E-state index is 5.28. The lowest BCUT2D eigenvalue weighted by Gasteiger charge is -2.02. The monoisotopic (exact) mass is 203 g/mol. The minimum absolute atomic E-state index is 0.342. The van der Waals surface area contributed by atoms with E-state index in [0.717, 1.165) is 0 Å². The fourth-order valence-corrected chi connectivity index (χ4v) is 1.07. The second kappa shape index (κ2) is 4.48. The predicted octanol–water partition coefficient (Wildman–Crippen LogP) is -0.180. The Kier molecular flexibility index (Phi) is 3.57. The molecule has 3 N–H and O–H groups in total. The van der Waals surface area contributed by atoms with E-state index in [4.69, 9.17) is 5.73 Å². The molecule has 0 saturated carbocycles. The van der Waals surface area contributed by atoms with Gasteiger partial charge in [-0.2, -0.15) is 15.0 Å². The summed E-state index contributed by atoms with van der Waals surface area (Å²) in [7, 11) is 0. The second-order valence-corrected chi connectivity index (χ2v) is 2.77. The Labute approximate surface area is 81.0 Å². The van der Waals surface area contributed by atoms with Gasteiger partial charge in [0, 0.05) is 13.1 Å². The average molecular weight is 203 g/mol. The molecule has 0 aliphatic heterocycles. The number of thiol groups is 2. The Morgan fingerprint density at radius 2 is 1.75 bits per heavy atom. The van der Waals surface area contributed by atoms with Gasteiger partial charge < -0.3 is 11.1 Å². The second-order valence-electron chi connectivity index (χ2n) is 1.97. The summed E-state index contributed by atoms with van der Waals surface area (Å²) in [5.41, 5.74) is 5.28. The van der Waals surface area contributed by atoms with E-state index in [9.17, 15) is 0 Å². The molecule has 0 saturated heterocycles. The number of hydrogen-bond acceptors (Lipinski definition) is 7. The first-order chi connectivity index (χ1) is 5.72. The Hall–Kier alpha value is -0.530. The number of nitrogens with one attached hydrogen (secondary N) is 1. The molecule has 0 fully saturated rings. The molecule has 66 valence electrons. The van der Waals surface area contributed by atoms with E-state index in [1.807, 2.05) is 0 Å². The molecule has 1 aromatic heterocycles. The molecule has 1 heterocycles. The minimum atomic E-state index is 0.342. The van der Waals surface area contributed by atoms with E-state index in [0.29, 0.717) is 29.4 Å². The van der Waals surface area contributed by atoms with E-state index in [2.05, 4.69) is 45.5 Å². The van der Waals surface area contributed by atoms with Crippen LogP contribution in [0.5, 0.6) is 0 Å². The van der Waals surface area contributed by atoms with Crippen LogP contribution in [0.4, 0.5) is 5.95 Å². The molecule has 0 aromatic carbocycles. The van der Waals surface area contributed by atoms with Crippen LogP contribution in [-0.2, 0) is 0 Å². The minimum Gasteiger partial charge on any atom is -0.353 e. The normalized spacial score (nSPS) is 9.92. The van der Waals surface area contributed by atoms with E-state index in [-0.39, 0.29) is 0 Å². The number of rotatable bonds is 3. The van der Waals surface area contributed by atoms with Crippen molar-refractivity contribution in [2.75, 3.05) is 18.4 Å². The molecule has 1 rings (SSSR count). The SMILES string of the molecule is NCCNc1nc(S)nc(S)n1. The van der Waals surface area contributed by atoms with Crippen molar-refractivity contribution in [2.24, 2.45) is 5.73 Å². The lowest BCUT2D eigenvalue weighted by atomic mass is 10.6. The van der Waals surface area contributed by atoms with Gasteiger partial charge in [0.15, 0.2) is 10.3 Å². The van der Waals surface area contributed by atoms with Gasteiger partial charge in [-0.15, -0.1) is 25.3 Å². The summed E-state index contributed by atoms with van der Waals surface area (Å²) in [6.07, 6.45) is 0. The van der Waals surface area contributed by atoms with Crippen LogP contribution in [0.2, 0.25) is 0 Å². The third-order valence-electron chi connectivity index (χ3n) is 1.04. The highest BCUT2D eigenvalue weighted by molar-refractivity contribution is 7.80. The van der Waals surface area contributed by atoms with Crippen molar-refractivity contribution in [3.8, 4) is 0 Å². The number of hydrogen-bond donors (Lipinski definition) is 4. The summed E-state index contributed by atoms with van der Waals surface area (Å²) in [6, 6.07) is 0. The van der Waals surface area contributed by atoms with Gasteiger partial charge in [0.05, 0.1) is 0 Å². The largest absolute Gasteiger partial charge is 0.353 e. The molecule has 1 aromatic rings. The first-order valence-electron chi connectivity index (χ1n) is 3.30. The molecular formula is C5H9N5S2. The lowest BCUT2D eigenvalue weighted by Crippen LogP contribution is -2.15. The topological polar surface area (TPSA) is 76.7 Å².